The number of thiophene rings is 1. The van der Waals surface area contributed by atoms with Gasteiger partial charge < -0.3 is 15.0 Å². The summed E-state index contributed by atoms with van der Waals surface area (Å²) in [6.07, 6.45) is 0.891. The average Bonchev–Trinajstić information content (AvgIpc) is 2.97. The van der Waals surface area contributed by atoms with Crippen molar-refractivity contribution in [2.45, 2.75) is 19.4 Å². The van der Waals surface area contributed by atoms with E-state index >= 15 is 0 Å². The molecule has 2 heterocycles. The monoisotopic (exact) mass is 377 g/mol. The predicted molar refractivity (Wildman–Crippen MR) is 103 cm³/mol. The number of methoxy groups -OCH3 is 1. The van der Waals surface area contributed by atoms with E-state index in [9.17, 15) is 9.59 Å². The van der Waals surface area contributed by atoms with Crippen molar-refractivity contribution in [1.82, 2.24) is 14.9 Å². The molecule has 2 aromatic heterocycles. The molecule has 0 atom stereocenters. The molecule has 1 amide bonds. The third-order valence-electron chi connectivity index (χ3n) is 3.93. The lowest BCUT2D eigenvalue weighted by atomic mass is 10.2. The molecule has 3 rings (SSSR count). The van der Waals surface area contributed by atoms with Crippen LogP contribution in [-0.4, -0.2) is 35.7 Å². The number of aromatic amines is 1. The number of carbonyl (C=O) groups excluding carboxylic acids is 1. The normalized spacial score (nSPS) is 11.2. The second-order valence-corrected chi connectivity index (χ2v) is 7.07. The Kier molecular flexibility index (Phi) is 5.62. The Morgan fingerprint density at radius 2 is 2.20 bits per heavy atom. The van der Waals surface area contributed by atoms with Gasteiger partial charge in [-0.25, -0.2) is 0 Å². The number of carbonyl (C=O) groups is 1. The lowest BCUT2D eigenvalue weighted by Gasteiger charge is -2.07. The first-order valence-electron chi connectivity index (χ1n) is 8.02. The Balaban J connectivity index is 1.78. The molecule has 8 heteroatoms. The quantitative estimate of drug-likeness (QED) is 0.490. The number of benzene rings is 1. The minimum absolute atomic E-state index is 0.0528. The van der Waals surface area contributed by atoms with Crippen LogP contribution in [0.5, 0.6) is 0 Å². The molecule has 132 valence electrons. The van der Waals surface area contributed by atoms with E-state index in [2.05, 4.69) is 10.3 Å². The smallest absolute Gasteiger partial charge is 0.272 e. The number of H-pyrrole nitrogens is 1. The Bertz CT molecular complexity index is 1020. The van der Waals surface area contributed by atoms with E-state index in [1.165, 1.54) is 15.9 Å². The van der Waals surface area contributed by atoms with E-state index in [4.69, 9.17) is 17.0 Å². The molecule has 6 nitrogen and oxygen atoms in total. The van der Waals surface area contributed by atoms with Gasteiger partial charge in [0.15, 0.2) is 4.77 Å². The van der Waals surface area contributed by atoms with Crippen LogP contribution in [0.1, 0.15) is 12.8 Å². The number of rotatable bonds is 7. The zero-order valence-electron chi connectivity index (χ0n) is 13.8. The van der Waals surface area contributed by atoms with E-state index in [1.807, 2.05) is 24.3 Å². The minimum Gasteiger partial charge on any atom is -0.383 e. The molecule has 0 spiro atoms. The summed E-state index contributed by atoms with van der Waals surface area (Å²) in [5.41, 5.74) is 0.698. The minimum atomic E-state index is -0.0975. The molecule has 0 radical (unpaired) electrons. The number of hydrogen-bond donors (Lipinski definition) is 2. The lowest BCUT2D eigenvalue weighted by molar-refractivity contribution is -0.121. The summed E-state index contributed by atoms with van der Waals surface area (Å²) in [4.78, 5) is 27.7. The van der Waals surface area contributed by atoms with E-state index in [-0.39, 0.29) is 11.5 Å². The molecular formula is C17H19N3O3S2. The molecule has 0 saturated carbocycles. The summed E-state index contributed by atoms with van der Waals surface area (Å²) in [5, 5.41) is 3.77. The zero-order chi connectivity index (χ0) is 17.8. The summed E-state index contributed by atoms with van der Waals surface area (Å²) in [7, 11) is 1.59. The highest BCUT2D eigenvalue weighted by Gasteiger charge is 2.12. The highest BCUT2D eigenvalue weighted by Crippen LogP contribution is 2.29. The van der Waals surface area contributed by atoms with Crippen molar-refractivity contribution < 1.29 is 9.53 Å². The fraction of sp³-hybridized carbons (Fsp3) is 0.353. The Morgan fingerprint density at radius 3 is 3.00 bits per heavy atom. The van der Waals surface area contributed by atoms with Crippen LogP contribution in [0.4, 0.5) is 0 Å². The van der Waals surface area contributed by atoms with Crippen LogP contribution < -0.4 is 10.9 Å². The van der Waals surface area contributed by atoms with Gasteiger partial charge in [-0.05, 0) is 24.7 Å². The Hall–Kier alpha value is -2.03. The first-order valence-corrected chi connectivity index (χ1v) is 9.24. The number of amides is 1. The molecule has 0 aliphatic carbocycles. The molecular weight excluding hydrogens is 358 g/mol. The maximum atomic E-state index is 12.8. The summed E-state index contributed by atoms with van der Waals surface area (Å²) in [6, 6.07) is 7.87. The van der Waals surface area contributed by atoms with E-state index < -0.39 is 0 Å². The Labute approximate surface area is 153 Å². The largest absolute Gasteiger partial charge is 0.383 e. The van der Waals surface area contributed by atoms with Crippen molar-refractivity contribution in [3.05, 3.63) is 39.4 Å². The van der Waals surface area contributed by atoms with Gasteiger partial charge >= 0.3 is 0 Å². The van der Waals surface area contributed by atoms with Crippen molar-refractivity contribution >= 4 is 49.8 Å². The predicted octanol–water partition coefficient (Wildman–Crippen LogP) is 2.82. The van der Waals surface area contributed by atoms with Crippen LogP contribution in [0.15, 0.2) is 29.1 Å². The highest BCUT2D eigenvalue weighted by atomic mass is 32.1. The second kappa shape index (κ2) is 7.90. The Morgan fingerprint density at radius 1 is 1.40 bits per heavy atom. The number of fused-ring (bicyclic) bond motifs is 3. The van der Waals surface area contributed by atoms with Gasteiger partial charge in [0.25, 0.3) is 5.56 Å². The second-order valence-electron chi connectivity index (χ2n) is 5.64. The standard InChI is InChI=1S/C17H19N3O3S2/c1-23-10-8-18-13(21)7-4-9-20-16(22)15-14(19-17(20)24)11-5-2-3-6-12(11)25-15/h2-3,5-6H,4,7-10H2,1H3,(H,18,21)(H,19,24). The van der Waals surface area contributed by atoms with Gasteiger partial charge in [0.1, 0.15) is 4.70 Å². The van der Waals surface area contributed by atoms with Gasteiger partial charge in [-0.2, -0.15) is 0 Å². The van der Waals surface area contributed by atoms with E-state index in [0.717, 1.165) is 15.6 Å². The molecule has 0 aliphatic rings. The molecule has 2 N–H and O–H groups in total. The van der Waals surface area contributed by atoms with Crippen molar-refractivity contribution in [3.8, 4) is 0 Å². The molecule has 0 unspecified atom stereocenters. The van der Waals surface area contributed by atoms with Crippen molar-refractivity contribution in [2.24, 2.45) is 0 Å². The van der Waals surface area contributed by atoms with Crippen LogP contribution in [-0.2, 0) is 16.1 Å². The van der Waals surface area contributed by atoms with Crippen LogP contribution in [0.3, 0.4) is 0 Å². The van der Waals surface area contributed by atoms with Crippen molar-refractivity contribution in [1.29, 1.82) is 0 Å². The van der Waals surface area contributed by atoms with Crippen LogP contribution in [0.25, 0.3) is 20.3 Å². The fourth-order valence-corrected chi connectivity index (χ4v) is 4.07. The number of hydrogen-bond acceptors (Lipinski definition) is 5. The molecule has 0 fully saturated rings. The van der Waals surface area contributed by atoms with Crippen LogP contribution in [0.2, 0.25) is 0 Å². The zero-order valence-corrected chi connectivity index (χ0v) is 15.5. The summed E-state index contributed by atoms with van der Waals surface area (Å²) in [5.74, 6) is -0.0528. The maximum Gasteiger partial charge on any atom is 0.272 e. The SMILES string of the molecule is COCCNC(=O)CCCn1c(=S)[nH]c2c(sc3ccccc32)c1=O. The van der Waals surface area contributed by atoms with Gasteiger partial charge in [0.2, 0.25) is 5.91 Å². The number of aromatic nitrogens is 2. The molecule has 0 saturated heterocycles. The van der Waals surface area contributed by atoms with Gasteiger partial charge in [-0.15, -0.1) is 11.3 Å². The molecule has 0 bridgehead atoms. The first-order chi connectivity index (χ1) is 12.1. The highest BCUT2D eigenvalue weighted by molar-refractivity contribution is 7.71. The molecule has 1 aromatic carbocycles. The van der Waals surface area contributed by atoms with Gasteiger partial charge in [0, 0.05) is 36.7 Å². The first kappa shape index (κ1) is 17.8. The third kappa shape index (κ3) is 3.81. The van der Waals surface area contributed by atoms with E-state index in [1.54, 1.807) is 7.11 Å². The molecule has 0 aliphatic heterocycles. The molecule has 3 aromatic rings. The third-order valence-corrected chi connectivity index (χ3v) is 5.41. The topological polar surface area (TPSA) is 76.1 Å². The van der Waals surface area contributed by atoms with Gasteiger partial charge in [-0.1, -0.05) is 18.2 Å². The van der Waals surface area contributed by atoms with Crippen LogP contribution in [0, 0.1) is 4.77 Å². The summed E-state index contributed by atoms with van der Waals surface area (Å²) in [6.45, 7) is 1.39. The lowest BCUT2D eigenvalue weighted by Crippen LogP contribution is -2.27. The van der Waals surface area contributed by atoms with Gasteiger partial charge in [-0.3, -0.25) is 14.2 Å². The van der Waals surface area contributed by atoms with Crippen molar-refractivity contribution in [2.75, 3.05) is 20.3 Å². The average molecular weight is 377 g/mol. The number of ether oxygens (including phenoxy) is 1. The summed E-state index contributed by atoms with van der Waals surface area (Å²) >= 11 is 6.82. The maximum absolute atomic E-state index is 12.8. The fourth-order valence-electron chi connectivity index (χ4n) is 2.69. The number of nitrogens with one attached hydrogen (secondary N) is 2. The summed E-state index contributed by atoms with van der Waals surface area (Å²) < 4.78 is 8.53. The number of nitrogens with zero attached hydrogens (tertiary/aromatic N) is 1. The van der Waals surface area contributed by atoms with Crippen LogP contribution >= 0.6 is 23.6 Å². The van der Waals surface area contributed by atoms with Crippen molar-refractivity contribution in [3.63, 3.8) is 0 Å². The van der Waals surface area contributed by atoms with Gasteiger partial charge in [0.05, 0.1) is 12.1 Å². The molecule has 25 heavy (non-hydrogen) atoms. The van der Waals surface area contributed by atoms with E-state index in [0.29, 0.717) is 42.0 Å².